The molecular formula is C16H13N3O. The lowest BCUT2D eigenvalue weighted by Gasteiger charge is -2.06. The van der Waals surface area contributed by atoms with E-state index in [1.54, 1.807) is 18.2 Å². The van der Waals surface area contributed by atoms with Crippen molar-refractivity contribution in [3.63, 3.8) is 0 Å². The zero-order chi connectivity index (χ0) is 13.9. The van der Waals surface area contributed by atoms with Gasteiger partial charge in [0.25, 0.3) is 0 Å². The van der Waals surface area contributed by atoms with E-state index < -0.39 is 0 Å². The van der Waals surface area contributed by atoms with E-state index in [1.165, 1.54) is 5.56 Å². The number of nitrogens with zero attached hydrogens (tertiary/aromatic N) is 3. The Morgan fingerprint density at radius 2 is 2.00 bits per heavy atom. The van der Waals surface area contributed by atoms with Gasteiger partial charge in [0.05, 0.1) is 16.7 Å². The SMILES string of the molecule is Cc1nc2cc(N=C=O)ccc2n1Cc1ccccc1. The van der Waals surface area contributed by atoms with Crippen molar-refractivity contribution >= 4 is 22.8 Å². The molecular weight excluding hydrogens is 250 g/mol. The molecule has 0 atom stereocenters. The van der Waals surface area contributed by atoms with Crippen LogP contribution in [0.4, 0.5) is 5.69 Å². The van der Waals surface area contributed by atoms with E-state index in [0.29, 0.717) is 5.69 Å². The quantitative estimate of drug-likeness (QED) is 0.537. The van der Waals surface area contributed by atoms with Crippen LogP contribution in [-0.4, -0.2) is 15.6 Å². The number of benzene rings is 2. The fourth-order valence-corrected chi connectivity index (χ4v) is 2.33. The van der Waals surface area contributed by atoms with Crippen LogP contribution < -0.4 is 0 Å². The van der Waals surface area contributed by atoms with E-state index in [0.717, 1.165) is 23.4 Å². The number of rotatable bonds is 3. The zero-order valence-electron chi connectivity index (χ0n) is 11.1. The van der Waals surface area contributed by atoms with Crippen LogP contribution >= 0.6 is 0 Å². The molecule has 4 nitrogen and oxygen atoms in total. The van der Waals surface area contributed by atoms with Crippen LogP contribution in [0.15, 0.2) is 53.5 Å². The number of aliphatic imine (C=N–C) groups is 1. The van der Waals surface area contributed by atoms with Crippen molar-refractivity contribution in [1.29, 1.82) is 0 Å². The molecule has 0 N–H and O–H groups in total. The van der Waals surface area contributed by atoms with Crippen molar-refractivity contribution in [3.05, 3.63) is 59.9 Å². The predicted octanol–water partition coefficient (Wildman–Crippen LogP) is 3.36. The first-order chi connectivity index (χ1) is 9.78. The molecule has 2 aromatic carbocycles. The number of isocyanates is 1. The monoisotopic (exact) mass is 263 g/mol. The first-order valence-electron chi connectivity index (χ1n) is 6.36. The summed E-state index contributed by atoms with van der Waals surface area (Å²) in [5.74, 6) is 0.941. The van der Waals surface area contributed by atoms with Gasteiger partial charge in [-0.2, -0.15) is 4.99 Å². The third-order valence-corrected chi connectivity index (χ3v) is 3.28. The highest BCUT2D eigenvalue weighted by atomic mass is 16.1. The molecule has 0 unspecified atom stereocenters. The smallest absolute Gasteiger partial charge is 0.240 e. The molecule has 20 heavy (non-hydrogen) atoms. The summed E-state index contributed by atoms with van der Waals surface area (Å²) in [6.45, 7) is 2.76. The summed E-state index contributed by atoms with van der Waals surface area (Å²) in [7, 11) is 0. The number of fused-ring (bicyclic) bond motifs is 1. The van der Waals surface area contributed by atoms with E-state index in [9.17, 15) is 4.79 Å². The van der Waals surface area contributed by atoms with Crippen molar-refractivity contribution < 1.29 is 4.79 Å². The summed E-state index contributed by atoms with van der Waals surface area (Å²) in [6, 6.07) is 15.8. The van der Waals surface area contributed by atoms with Gasteiger partial charge < -0.3 is 4.57 Å². The summed E-state index contributed by atoms with van der Waals surface area (Å²) in [5.41, 5.74) is 3.69. The lowest BCUT2D eigenvalue weighted by molar-refractivity contribution is 0.565. The maximum absolute atomic E-state index is 10.3. The Hall–Kier alpha value is -2.71. The first kappa shape index (κ1) is 12.3. The third-order valence-electron chi connectivity index (χ3n) is 3.28. The maximum atomic E-state index is 10.3. The fraction of sp³-hybridized carbons (Fsp3) is 0.125. The third kappa shape index (κ3) is 2.25. The van der Waals surface area contributed by atoms with Gasteiger partial charge in [-0.15, -0.1) is 0 Å². The first-order valence-corrected chi connectivity index (χ1v) is 6.36. The predicted molar refractivity (Wildman–Crippen MR) is 77.8 cm³/mol. The van der Waals surface area contributed by atoms with Crippen LogP contribution in [0.1, 0.15) is 11.4 Å². The van der Waals surface area contributed by atoms with E-state index in [1.807, 2.05) is 31.2 Å². The van der Waals surface area contributed by atoms with Gasteiger partial charge >= 0.3 is 0 Å². The molecule has 3 aromatic rings. The molecule has 0 spiro atoms. The second-order valence-electron chi connectivity index (χ2n) is 4.61. The Labute approximate surface area is 116 Å². The molecule has 0 fully saturated rings. The Morgan fingerprint density at radius 3 is 2.75 bits per heavy atom. The number of carbonyl (C=O) groups excluding carboxylic acids is 1. The van der Waals surface area contributed by atoms with Crippen LogP contribution in [0.3, 0.4) is 0 Å². The van der Waals surface area contributed by atoms with Gasteiger partial charge in [-0.25, -0.2) is 9.78 Å². The Bertz CT molecular complexity index is 799. The molecule has 0 radical (unpaired) electrons. The molecule has 1 heterocycles. The molecule has 0 aliphatic heterocycles. The van der Waals surface area contributed by atoms with Gasteiger partial charge in [0.1, 0.15) is 5.82 Å². The van der Waals surface area contributed by atoms with Crippen LogP contribution in [0.2, 0.25) is 0 Å². The fourth-order valence-electron chi connectivity index (χ4n) is 2.33. The largest absolute Gasteiger partial charge is 0.324 e. The number of imidazole rings is 1. The Kier molecular flexibility index (Phi) is 3.15. The van der Waals surface area contributed by atoms with Crippen LogP contribution in [0, 0.1) is 6.92 Å². The maximum Gasteiger partial charge on any atom is 0.240 e. The summed E-state index contributed by atoms with van der Waals surface area (Å²) in [5, 5.41) is 0. The van der Waals surface area contributed by atoms with Crippen molar-refractivity contribution in [2.24, 2.45) is 4.99 Å². The van der Waals surface area contributed by atoms with Gasteiger partial charge in [-0.1, -0.05) is 30.3 Å². The molecule has 1 aromatic heterocycles. The summed E-state index contributed by atoms with van der Waals surface area (Å²) < 4.78 is 2.15. The standard InChI is InChI=1S/C16H13N3O/c1-12-18-15-9-14(17-11-20)7-8-16(15)19(12)10-13-5-3-2-4-6-13/h2-9H,10H2,1H3. The molecule has 0 saturated heterocycles. The normalized spacial score (nSPS) is 10.4. The zero-order valence-corrected chi connectivity index (χ0v) is 11.1. The summed E-state index contributed by atoms with van der Waals surface area (Å²) >= 11 is 0. The van der Waals surface area contributed by atoms with Crippen LogP contribution in [0.25, 0.3) is 11.0 Å². The summed E-state index contributed by atoms with van der Waals surface area (Å²) in [4.78, 5) is 18.5. The van der Waals surface area contributed by atoms with Gasteiger partial charge in [-0.3, -0.25) is 0 Å². The lowest BCUT2D eigenvalue weighted by atomic mass is 10.2. The van der Waals surface area contributed by atoms with E-state index in [4.69, 9.17) is 0 Å². The Balaban J connectivity index is 2.07. The van der Waals surface area contributed by atoms with Crippen LogP contribution in [0.5, 0.6) is 0 Å². The van der Waals surface area contributed by atoms with Gasteiger partial charge in [0.2, 0.25) is 6.08 Å². The molecule has 3 rings (SSSR count). The lowest BCUT2D eigenvalue weighted by Crippen LogP contribution is -2.01. The molecule has 98 valence electrons. The van der Waals surface area contributed by atoms with E-state index in [2.05, 4.69) is 26.7 Å². The topological polar surface area (TPSA) is 47.2 Å². The van der Waals surface area contributed by atoms with Gasteiger partial charge in [-0.05, 0) is 30.7 Å². The van der Waals surface area contributed by atoms with Crippen molar-refractivity contribution in [3.8, 4) is 0 Å². The average Bonchev–Trinajstić information content (AvgIpc) is 2.76. The highest BCUT2D eigenvalue weighted by Gasteiger charge is 2.08. The van der Waals surface area contributed by atoms with E-state index in [-0.39, 0.29) is 0 Å². The highest BCUT2D eigenvalue weighted by molar-refractivity contribution is 5.80. The average molecular weight is 263 g/mol. The highest BCUT2D eigenvalue weighted by Crippen LogP contribution is 2.22. The van der Waals surface area contributed by atoms with Crippen molar-refractivity contribution in [2.45, 2.75) is 13.5 Å². The molecule has 4 heteroatoms. The minimum atomic E-state index is 0.580. The van der Waals surface area contributed by atoms with Gasteiger partial charge in [0, 0.05) is 6.54 Å². The minimum Gasteiger partial charge on any atom is -0.324 e. The molecule has 0 aliphatic carbocycles. The second kappa shape index (κ2) is 5.11. The molecule has 0 amide bonds. The number of hydrogen-bond acceptors (Lipinski definition) is 3. The van der Waals surface area contributed by atoms with Gasteiger partial charge in [0.15, 0.2) is 0 Å². The molecule has 0 aliphatic rings. The molecule has 0 saturated carbocycles. The van der Waals surface area contributed by atoms with E-state index >= 15 is 0 Å². The van der Waals surface area contributed by atoms with Crippen molar-refractivity contribution in [1.82, 2.24) is 9.55 Å². The second-order valence-corrected chi connectivity index (χ2v) is 4.61. The Morgan fingerprint density at radius 1 is 1.20 bits per heavy atom. The summed E-state index contributed by atoms with van der Waals surface area (Å²) in [6.07, 6.45) is 1.55. The number of hydrogen-bond donors (Lipinski definition) is 0. The number of aryl methyl sites for hydroxylation is 1. The minimum absolute atomic E-state index is 0.580. The van der Waals surface area contributed by atoms with Crippen LogP contribution in [-0.2, 0) is 11.3 Å². The number of aromatic nitrogens is 2. The molecule has 0 bridgehead atoms. The van der Waals surface area contributed by atoms with Crippen molar-refractivity contribution in [2.75, 3.05) is 0 Å².